The summed E-state index contributed by atoms with van der Waals surface area (Å²) >= 11 is 9.19. The van der Waals surface area contributed by atoms with Gasteiger partial charge in [-0.1, -0.05) is 17.7 Å². The van der Waals surface area contributed by atoms with Crippen molar-refractivity contribution in [2.24, 2.45) is 5.73 Å². The topological polar surface area (TPSA) is 43.8 Å². The van der Waals surface area contributed by atoms with Crippen molar-refractivity contribution in [3.05, 3.63) is 51.0 Å². The van der Waals surface area contributed by atoms with Crippen molar-refractivity contribution in [3.8, 4) is 0 Å². The number of benzene rings is 1. The van der Waals surface area contributed by atoms with E-state index in [-0.39, 0.29) is 5.02 Å². The van der Waals surface area contributed by atoms with Gasteiger partial charge in [-0.2, -0.15) is 5.10 Å². The molecule has 0 fully saturated rings. The quantitative estimate of drug-likeness (QED) is 0.935. The standard InChI is InChI=1S/C12H12BrClFN3/c1-2-18-12(8(13)6-17-18)11(16)7-3-4-10(15)9(14)5-7/h3-6,11H,2,16H2,1H3. The molecule has 0 aliphatic carbocycles. The second-order valence-electron chi connectivity index (χ2n) is 3.84. The summed E-state index contributed by atoms with van der Waals surface area (Å²) < 4.78 is 15.8. The average molecular weight is 333 g/mol. The molecule has 1 atom stereocenters. The second kappa shape index (κ2) is 5.38. The third-order valence-corrected chi connectivity index (χ3v) is 3.63. The van der Waals surface area contributed by atoms with Crippen molar-refractivity contribution in [2.45, 2.75) is 19.5 Å². The van der Waals surface area contributed by atoms with Crippen molar-refractivity contribution in [1.82, 2.24) is 9.78 Å². The normalized spacial score (nSPS) is 12.7. The predicted molar refractivity (Wildman–Crippen MR) is 73.0 cm³/mol. The van der Waals surface area contributed by atoms with E-state index in [4.69, 9.17) is 17.3 Å². The van der Waals surface area contributed by atoms with Crippen LogP contribution in [-0.4, -0.2) is 9.78 Å². The zero-order valence-electron chi connectivity index (χ0n) is 9.70. The first kappa shape index (κ1) is 13.5. The average Bonchev–Trinajstić information content (AvgIpc) is 2.73. The number of aromatic nitrogens is 2. The largest absolute Gasteiger partial charge is 0.319 e. The molecule has 1 aromatic carbocycles. The summed E-state index contributed by atoms with van der Waals surface area (Å²) in [7, 11) is 0. The summed E-state index contributed by atoms with van der Waals surface area (Å²) in [6, 6.07) is 4.09. The Labute approximate surface area is 118 Å². The van der Waals surface area contributed by atoms with Gasteiger partial charge in [0.2, 0.25) is 0 Å². The molecule has 2 aromatic rings. The van der Waals surface area contributed by atoms with E-state index in [1.54, 1.807) is 23.0 Å². The summed E-state index contributed by atoms with van der Waals surface area (Å²) in [5.41, 5.74) is 7.78. The maximum Gasteiger partial charge on any atom is 0.141 e. The van der Waals surface area contributed by atoms with Crippen LogP contribution in [0.5, 0.6) is 0 Å². The minimum Gasteiger partial charge on any atom is -0.319 e. The Morgan fingerprint density at radius 3 is 2.89 bits per heavy atom. The summed E-state index contributed by atoms with van der Waals surface area (Å²) in [6.07, 6.45) is 1.70. The van der Waals surface area contributed by atoms with Gasteiger partial charge in [0.05, 0.1) is 27.4 Å². The van der Waals surface area contributed by atoms with Crippen LogP contribution in [0.1, 0.15) is 24.2 Å². The zero-order chi connectivity index (χ0) is 13.3. The second-order valence-corrected chi connectivity index (χ2v) is 5.11. The Morgan fingerprint density at radius 2 is 2.28 bits per heavy atom. The van der Waals surface area contributed by atoms with Gasteiger partial charge < -0.3 is 5.73 Å². The van der Waals surface area contributed by atoms with Crippen LogP contribution in [0.2, 0.25) is 5.02 Å². The van der Waals surface area contributed by atoms with Crippen LogP contribution in [0.3, 0.4) is 0 Å². The number of hydrogen-bond acceptors (Lipinski definition) is 2. The molecule has 0 spiro atoms. The molecule has 0 saturated heterocycles. The number of rotatable bonds is 3. The van der Waals surface area contributed by atoms with Gasteiger partial charge in [-0.3, -0.25) is 4.68 Å². The summed E-state index contributed by atoms with van der Waals surface area (Å²) in [4.78, 5) is 0. The zero-order valence-corrected chi connectivity index (χ0v) is 12.0. The molecular formula is C12H12BrClFN3. The smallest absolute Gasteiger partial charge is 0.141 e. The van der Waals surface area contributed by atoms with Crippen molar-refractivity contribution < 1.29 is 4.39 Å². The lowest BCUT2D eigenvalue weighted by Gasteiger charge is -2.15. The van der Waals surface area contributed by atoms with Crippen molar-refractivity contribution in [2.75, 3.05) is 0 Å². The van der Waals surface area contributed by atoms with Crippen LogP contribution in [0, 0.1) is 5.82 Å². The lowest BCUT2D eigenvalue weighted by molar-refractivity contribution is 0.597. The van der Waals surface area contributed by atoms with Crippen LogP contribution in [-0.2, 0) is 6.54 Å². The van der Waals surface area contributed by atoms with Gasteiger partial charge in [-0.15, -0.1) is 0 Å². The van der Waals surface area contributed by atoms with Crippen LogP contribution in [0.15, 0.2) is 28.9 Å². The predicted octanol–water partition coefficient (Wildman–Crippen LogP) is 3.51. The van der Waals surface area contributed by atoms with Gasteiger partial charge in [-0.05, 0) is 40.5 Å². The molecule has 0 radical (unpaired) electrons. The molecular weight excluding hydrogens is 321 g/mol. The van der Waals surface area contributed by atoms with Crippen molar-refractivity contribution in [1.29, 1.82) is 0 Å². The fraction of sp³-hybridized carbons (Fsp3) is 0.250. The molecule has 6 heteroatoms. The van der Waals surface area contributed by atoms with E-state index in [9.17, 15) is 4.39 Å². The van der Waals surface area contributed by atoms with Gasteiger partial charge in [0.15, 0.2) is 0 Å². The van der Waals surface area contributed by atoms with Gasteiger partial charge in [0.1, 0.15) is 5.82 Å². The third kappa shape index (κ3) is 2.43. The molecule has 3 nitrogen and oxygen atoms in total. The van der Waals surface area contributed by atoms with E-state index in [2.05, 4.69) is 21.0 Å². The maximum atomic E-state index is 13.1. The molecule has 1 heterocycles. The fourth-order valence-electron chi connectivity index (χ4n) is 1.80. The SMILES string of the molecule is CCn1ncc(Br)c1C(N)c1ccc(F)c(Cl)c1. The first-order chi connectivity index (χ1) is 8.54. The highest BCUT2D eigenvalue weighted by atomic mass is 79.9. The van der Waals surface area contributed by atoms with Crippen LogP contribution in [0.4, 0.5) is 4.39 Å². The molecule has 2 rings (SSSR count). The van der Waals surface area contributed by atoms with E-state index in [1.165, 1.54) is 6.07 Å². The van der Waals surface area contributed by atoms with Crippen molar-refractivity contribution >= 4 is 27.5 Å². The molecule has 1 unspecified atom stereocenters. The van der Waals surface area contributed by atoms with Gasteiger partial charge in [-0.25, -0.2) is 4.39 Å². The number of hydrogen-bond donors (Lipinski definition) is 1. The van der Waals surface area contributed by atoms with Gasteiger partial charge in [0.25, 0.3) is 0 Å². The van der Waals surface area contributed by atoms with E-state index < -0.39 is 11.9 Å². The fourth-order valence-corrected chi connectivity index (χ4v) is 2.53. The number of halogens is 3. The first-order valence-electron chi connectivity index (χ1n) is 5.46. The summed E-state index contributed by atoms with van der Waals surface area (Å²) in [5.74, 6) is -0.448. The third-order valence-electron chi connectivity index (χ3n) is 2.73. The van der Waals surface area contributed by atoms with E-state index >= 15 is 0 Å². The van der Waals surface area contributed by atoms with Crippen LogP contribution in [0.25, 0.3) is 0 Å². The lowest BCUT2D eigenvalue weighted by Crippen LogP contribution is -2.17. The highest BCUT2D eigenvalue weighted by Crippen LogP contribution is 2.28. The minimum atomic E-state index is -0.448. The molecule has 0 saturated carbocycles. The lowest BCUT2D eigenvalue weighted by atomic mass is 10.0. The highest BCUT2D eigenvalue weighted by Gasteiger charge is 2.18. The molecule has 1 aromatic heterocycles. The van der Waals surface area contributed by atoms with Gasteiger partial charge >= 0.3 is 0 Å². The van der Waals surface area contributed by atoms with Crippen LogP contribution >= 0.6 is 27.5 Å². The van der Waals surface area contributed by atoms with E-state index in [0.717, 1.165) is 15.7 Å². The molecule has 0 bridgehead atoms. The minimum absolute atomic E-state index is 0.0710. The molecule has 0 aliphatic heterocycles. The number of nitrogens with two attached hydrogens (primary N) is 1. The Bertz CT molecular complexity index is 570. The Hall–Kier alpha value is -0.910. The van der Waals surface area contributed by atoms with Gasteiger partial charge in [0, 0.05) is 6.54 Å². The molecule has 96 valence electrons. The van der Waals surface area contributed by atoms with Crippen LogP contribution < -0.4 is 5.73 Å². The Kier molecular flexibility index (Phi) is 4.04. The Morgan fingerprint density at radius 1 is 1.56 bits per heavy atom. The monoisotopic (exact) mass is 331 g/mol. The van der Waals surface area contributed by atoms with E-state index in [1.807, 2.05) is 6.92 Å². The number of nitrogens with zero attached hydrogens (tertiary/aromatic N) is 2. The van der Waals surface area contributed by atoms with E-state index in [0.29, 0.717) is 6.54 Å². The molecule has 0 amide bonds. The molecule has 0 aliphatic rings. The number of aryl methyl sites for hydroxylation is 1. The Balaban J connectivity index is 2.44. The maximum absolute atomic E-state index is 13.1. The first-order valence-corrected chi connectivity index (χ1v) is 6.63. The van der Waals surface area contributed by atoms with Crippen molar-refractivity contribution in [3.63, 3.8) is 0 Å². The highest BCUT2D eigenvalue weighted by molar-refractivity contribution is 9.10. The summed E-state index contributed by atoms with van der Waals surface area (Å²) in [5, 5.41) is 4.27. The molecule has 18 heavy (non-hydrogen) atoms. The molecule has 2 N–H and O–H groups in total. The summed E-state index contributed by atoms with van der Waals surface area (Å²) in [6.45, 7) is 2.69.